The summed E-state index contributed by atoms with van der Waals surface area (Å²) in [5, 5.41) is 8.82. The largest absolute Gasteiger partial charge is 0.478 e. The molecule has 0 saturated heterocycles. The number of hydrogen-bond acceptors (Lipinski definition) is 1. The van der Waals surface area contributed by atoms with Crippen molar-refractivity contribution in [3.63, 3.8) is 0 Å². The molecule has 0 amide bonds. The molecule has 0 aromatic heterocycles. The Bertz CT molecular complexity index is 511. The third-order valence-corrected chi connectivity index (χ3v) is 4.03. The summed E-state index contributed by atoms with van der Waals surface area (Å²) >= 11 is 0. The topological polar surface area (TPSA) is 37.3 Å². The van der Waals surface area contributed by atoms with E-state index in [0.717, 1.165) is 12.8 Å². The highest BCUT2D eigenvalue weighted by Crippen LogP contribution is 2.41. The fourth-order valence-electron chi connectivity index (χ4n) is 2.80. The molecule has 0 bridgehead atoms. The lowest BCUT2D eigenvalue weighted by atomic mass is 9.73. The van der Waals surface area contributed by atoms with Crippen molar-refractivity contribution in [3.05, 3.63) is 59.2 Å². The fraction of sp³-hybridized carbons (Fsp3) is 0.353. The highest BCUT2D eigenvalue weighted by molar-refractivity contribution is 5.79. The molecule has 1 aromatic rings. The van der Waals surface area contributed by atoms with Gasteiger partial charge in [-0.05, 0) is 44.1 Å². The number of allylic oxidation sites excluding steroid dienone is 3. The SMILES string of the molecule is CC1=C(C)CC(c2ccccc2)C(/C=C/C(=O)O)C1. The Hall–Kier alpha value is -1.83. The Labute approximate surface area is 114 Å². The molecule has 2 rings (SSSR count). The second-order valence-electron chi connectivity index (χ2n) is 5.35. The number of benzene rings is 1. The first kappa shape index (κ1) is 13.6. The zero-order valence-electron chi connectivity index (χ0n) is 11.5. The van der Waals surface area contributed by atoms with Crippen molar-refractivity contribution in [3.8, 4) is 0 Å². The van der Waals surface area contributed by atoms with Gasteiger partial charge in [0.1, 0.15) is 0 Å². The molecule has 1 aliphatic carbocycles. The molecule has 1 N–H and O–H groups in total. The van der Waals surface area contributed by atoms with Crippen LogP contribution in [0.3, 0.4) is 0 Å². The molecular weight excluding hydrogens is 236 g/mol. The van der Waals surface area contributed by atoms with E-state index < -0.39 is 5.97 Å². The second kappa shape index (κ2) is 5.87. The Morgan fingerprint density at radius 3 is 2.42 bits per heavy atom. The average Bonchev–Trinajstić information content (AvgIpc) is 2.40. The first-order valence-electron chi connectivity index (χ1n) is 6.69. The fourth-order valence-corrected chi connectivity index (χ4v) is 2.80. The van der Waals surface area contributed by atoms with Gasteiger partial charge in [-0.15, -0.1) is 0 Å². The quantitative estimate of drug-likeness (QED) is 0.651. The van der Waals surface area contributed by atoms with Gasteiger partial charge < -0.3 is 5.11 Å². The molecule has 0 aliphatic heterocycles. The zero-order chi connectivity index (χ0) is 13.8. The molecule has 0 fully saturated rings. The monoisotopic (exact) mass is 256 g/mol. The first-order valence-corrected chi connectivity index (χ1v) is 6.69. The maximum absolute atomic E-state index is 10.7. The van der Waals surface area contributed by atoms with Crippen LogP contribution in [-0.4, -0.2) is 11.1 Å². The van der Waals surface area contributed by atoms with Crippen LogP contribution in [0.4, 0.5) is 0 Å². The Morgan fingerprint density at radius 1 is 1.16 bits per heavy atom. The van der Waals surface area contributed by atoms with E-state index >= 15 is 0 Å². The summed E-state index contributed by atoms with van der Waals surface area (Å²) in [5.41, 5.74) is 4.13. The third-order valence-electron chi connectivity index (χ3n) is 4.03. The summed E-state index contributed by atoms with van der Waals surface area (Å²) in [6.45, 7) is 4.33. The van der Waals surface area contributed by atoms with Gasteiger partial charge in [-0.3, -0.25) is 0 Å². The lowest BCUT2D eigenvalue weighted by Gasteiger charge is -2.31. The van der Waals surface area contributed by atoms with E-state index in [1.165, 1.54) is 22.8 Å². The van der Waals surface area contributed by atoms with Crippen LogP contribution in [-0.2, 0) is 4.79 Å². The first-order chi connectivity index (χ1) is 9.08. The molecular formula is C17H20O2. The van der Waals surface area contributed by atoms with Gasteiger partial charge in [0.15, 0.2) is 0 Å². The summed E-state index contributed by atoms with van der Waals surface area (Å²) in [4.78, 5) is 10.7. The Balaban J connectivity index is 2.30. The van der Waals surface area contributed by atoms with E-state index in [-0.39, 0.29) is 5.92 Å². The van der Waals surface area contributed by atoms with Gasteiger partial charge in [0.25, 0.3) is 0 Å². The molecule has 2 heteroatoms. The average molecular weight is 256 g/mol. The Morgan fingerprint density at radius 2 is 1.79 bits per heavy atom. The smallest absolute Gasteiger partial charge is 0.327 e. The molecule has 2 nitrogen and oxygen atoms in total. The second-order valence-corrected chi connectivity index (χ2v) is 5.35. The molecule has 2 unspecified atom stereocenters. The minimum atomic E-state index is -0.865. The number of aliphatic carboxylic acids is 1. The van der Waals surface area contributed by atoms with Crippen LogP contribution in [0.25, 0.3) is 0 Å². The minimum absolute atomic E-state index is 0.280. The summed E-state index contributed by atoms with van der Waals surface area (Å²) in [7, 11) is 0. The number of hydrogen-bond donors (Lipinski definition) is 1. The minimum Gasteiger partial charge on any atom is -0.478 e. The van der Waals surface area contributed by atoms with E-state index in [0.29, 0.717) is 5.92 Å². The van der Waals surface area contributed by atoms with Gasteiger partial charge in [0.05, 0.1) is 0 Å². The maximum atomic E-state index is 10.7. The van der Waals surface area contributed by atoms with Crippen LogP contribution < -0.4 is 0 Å². The van der Waals surface area contributed by atoms with Crippen LogP contribution in [0.1, 0.15) is 38.2 Å². The number of rotatable bonds is 3. The van der Waals surface area contributed by atoms with Crippen molar-refractivity contribution in [2.24, 2.45) is 5.92 Å². The molecule has 0 heterocycles. The van der Waals surface area contributed by atoms with Gasteiger partial charge >= 0.3 is 5.97 Å². The molecule has 1 aromatic carbocycles. The lowest BCUT2D eigenvalue weighted by Crippen LogP contribution is -2.17. The number of carboxylic acids is 1. The summed E-state index contributed by atoms with van der Waals surface area (Å²) in [6, 6.07) is 10.4. The van der Waals surface area contributed by atoms with E-state index in [2.05, 4.69) is 26.0 Å². The predicted molar refractivity (Wildman–Crippen MR) is 77.1 cm³/mol. The van der Waals surface area contributed by atoms with Crippen LogP contribution in [0.5, 0.6) is 0 Å². The standard InChI is InChI=1S/C17H20O2/c1-12-10-15(8-9-17(18)19)16(11-13(12)2)14-6-4-3-5-7-14/h3-9,15-16H,10-11H2,1-2H3,(H,18,19)/b9-8+. The highest BCUT2D eigenvalue weighted by atomic mass is 16.4. The molecule has 2 atom stereocenters. The highest BCUT2D eigenvalue weighted by Gasteiger charge is 2.26. The normalized spacial score (nSPS) is 23.9. The van der Waals surface area contributed by atoms with Crippen LogP contribution >= 0.6 is 0 Å². The lowest BCUT2D eigenvalue weighted by molar-refractivity contribution is -0.131. The van der Waals surface area contributed by atoms with Crippen molar-refractivity contribution in [2.75, 3.05) is 0 Å². The summed E-state index contributed by atoms with van der Waals surface area (Å²) in [6.07, 6.45) is 5.12. The van der Waals surface area contributed by atoms with E-state index in [1.54, 1.807) is 0 Å². The molecule has 1 aliphatic rings. The van der Waals surface area contributed by atoms with Crippen molar-refractivity contribution < 1.29 is 9.90 Å². The van der Waals surface area contributed by atoms with Gasteiger partial charge in [-0.2, -0.15) is 0 Å². The van der Waals surface area contributed by atoms with Crippen molar-refractivity contribution >= 4 is 5.97 Å². The molecule has 0 spiro atoms. The van der Waals surface area contributed by atoms with Crippen LogP contribution in [0, 0.1) is 5.92 Å². The van der Waals surface area contributed by atoms with Gasteiger partial charge in [0.2, 0.25) is 0 Å². The number of carboxylic acid groups (broad SMARTS) is 1. The predicted octanol–water partition coefficient (Wildman–Crippen LogP) is 4.16. The van der Waals surface area contributed by atoms with Crippen LogP contribution in [0.2, 0.25) is 0 Å². The number of carbonyl (C=O) groups is 1. The van der Waals surface area contributed by atoms with Gasteiger partial charge in [-0.25, -0.2) is 4.79 Å². The van der Waals surface area contributed by atoms with E-state index in [9.17, 15) is 4.79 Å². The van der Waals surface area contributed by atoms with Gasteiger partial charge in [0, 0.05) is 6.08 Å². The summed E-state index contributed by atoms with van der Waals surface area (Å²) in [5.74, 6) is -0.196. The van der Waals surface area contributed by atoms with Gasteiger partial charge in [-0.1, -0.05) is 47.6 Å². The maximum Gasteiger partial charge on any atom is 0.327 e. The zero-order valence-corrected chi connectivity index (χ0v) is 11.5. The third kappa shape index (κ3) is 3.34. The van der Waals surface area contributed by atoms with E-state index in [1.807, 2.05) is 24.3 Å². The molecule has 0 radical (unpaired) electrons. The van der Waals surface area contributed by atoms with Crippen molar-refractivity contribution in [1.82, 2.24) is 0 Å². The van der Waals surface area contributed by atoms with Crippen molar-refractivity contribution in [1.29, 1.82) is 0 Å². The van der Waals surface area contributed by atoms with Crippen LogP contribution in [0.15, 0.2) is 53.6 Å². The van der Waals surface area contributed by atoms with E-state index in [4.69, 9.17) is 5.11 Å². The molecule has 0 saturated carbocycles. The molecule has 100 valence electrons. The Kier molecular flexibility index (Phi) is 4.20. The molecule has 19 heavy (non-hydrogen) atoms. The summed E-state index contributed by atoms with van der Waals surface area (Å²) < 4.78 is 0. The van der Waals surface area contributed by atoms with Crippen molar-refractivity contribution in [2.45, 2.75) is 32.6 Å².